The van der Waals surface area contributed by atoms with Crippen LogP contribution < -0.4 is 11.2 Å². The molecule has 2 rings (SSSR count). The van der Waals surface area contributed by atoms with Crippen LogP contribution in [0.15, 0.2) is 15.8 Å². The largest absolute Gasteiger partial charge is 0.394 e. The lowest BCUT2D eigenvalue weighted by atomic mass is 10.1. The van der Waals surface area contributed by atoms with Gasteiger partial charge in [0.25, 0.3) is 5.56 Å². The molecule has 4 N–H and O–H groups in total. The van der Waals surface area contributed by atoms with E-state index in [1.54, 1.807) is 0 Å². The fourth-order valence-electron chi connectivity index (χ4n) is 2.29. The summed E-state index contributed by atoms with van der Waals surface area (Å²) >= 11 is 0. The lowest BCUT2D eigenvalue weighted by molar-refractivity contribution is -0.168. The van der Waals surface area contributed by atoms with Crippen LogP contribution in [0.4, 0.5) is 17.6 Å². The summed E-state index contributed by atoms with van der Waals surface area (Å²) < 4.78 is 59.9. The van der Waals surface area contributed by atoms with E-state index in [0.29, 0.717) is 4.57 Å². The average Bonchev–Trinajstić information content (AvgIpc) is 2.84. The molecule has 2 heterocycles. The number of hydrogen-bond donors (Lipinski definition) is 4. The van der Waals surface area contributed by atoms with Gasteiger partial charge in [-0.15, -0.1) is 0 Å². The summed E-state index contributed by atoms with van der Waals surface area (Å²) in [6.07, 6.45) is -8.96. The smallest absolute Gasteiger partial charge is 0.330 e. The molecular weight excluding hydrogens is 372 g/mol. The van der Waals surface area contributed by atoms with E-state index in [1.165, 1.54) is 0 Å². The Morgan fingerprint density at radius 3 is 2.50 bits per heavy atom. The Morgan fingerprint density at radius 1 is 1.31 bits per heavy atom. The number of halogens is 4. The Labute approximate surface area is 142 Å². The first-order valence-corrected chi connectivity index (χ1v) is 7.29. The maximum Gasteiger partial charge on any atom is 0.330 e. The van der Waals surface area contributed by atoms with Crippen molar-refractivity contribution in [3.8, 4) is 0 Å². The van der Waals surface area contributed by atoms with Crippen molar-refractivity contribution in [1.29, 1.82) is 0 Å². The van der Waals surface area contributed by atoms with E-state index in [1.807, 2.05) is 4.98 Å². The molecule has 1 aliphatic rings. The van der Waals surface area contributed by atoms with E-state index in [-0.39, 0.29) is 5.56 Å². The van der Waals surface area contributed by atoms with E-state index < -0.39 is 68.0 Å². The van der Waals surface area contributed by atoms with Gasteiger partial charge in [-0.05, 0) is 0 Å². The molecule has 0 aliphatic carbocycles. The number of H-pyrrole nitrogens is 1. The topological polar surface area (TPSA) is 134 Å². The molecular formula is C13H16F4N2O7. The Bertz CT molecular complexity index is 738. The molecule has 1 saturated heterocycles. The van der Waals surface area contributed by atoms with Gasteiger partial charge in [0.1, 0.15) is 24.9 Å². The van der Waals surface area contributed by atoms with Crippen LogP contribution >= 0.6 is 0 Å². The van der Waals surface area contributed by atoms with E-state index in [0.717, 1.165) is 6.20 Å². The highest BCUT2D eigenvalue weighted by Gasteiger charge is 2.44. The minimum atomic E-state index is -4.41. The van der Waals surface area contributed by atoms with Crippen LogP contribution in [0.25, 0.3) is 0 Å². The summed E-state index contributed by atoms with van der Waals surface area (Å²) in [6, 6.07) is 0. The number of ether oxygens (including phenoxy) is 2. The Hall–Kier alpha value is -1.80. The molecule has 0 bridgehead atoms. The number of nitrogens with zero attached hydrogens (tertiary/aromatic N) is 1. The van der Waals surface area contributed by atoms with Crippen LogP contribution in [0, 0.1) is 0 Å². The third-order valence-corrected chi connectivity index (χ3v) is 3.70. The summed E-state index contributed by atoms with van der Waals surface area (Å²) in [5.74, 6) is -4.41. The minimum absolute atomic E-state index is 0.382. The first kappa shape index (κ1) is 20.5. The molecule has 26 heavy (non-hydrogen) atoms. The number of aromatic amines is 1. The van der Waals surface area contributed by atoms with Crippen molar-refractivity contribution < 1.29 is 42.4 Å². The standard InChI is InChI=1S/C13H16F4N2O7/c14-11(15)13(16,17)4-25-3-5-1-19(12(24)18-9(5)23)10-8(22)7(21)6(2-20)26-10/h1,6-8,10-11,20-22H,2-4H2,(H,18,23,24)/t6-,7-,8-,10-/m1/s1. The third kappa shape index (κ3) is 4.12. The van der Waals surface area contributed by atoms with Crippen molar-refractivity contribution in [3.05, 3.63) is 32.6 Å². The Balaban J connectivity index is 2.19. The molecule has 0 saturated carbocycles. The number of aromatic nitrogens is 2. The molecule has 0 amide bonds. The number of hydrogen-bond acceptors (Lipinski definition) is 7. The molecule has 0 unspecified atom stereocenters. The Kier molecular flexibility index (Phi) is 6.18. The predicted octanol–water partition coefficient (Wildman–Crippen LogP) is -1.43. The van der Waals surface area contributed by atoms with Gasteiger partial charge in [-0.2, -0.15) is 8.78 Å². The SMILES string of the molecule is O=c1[nH]c(=O)n([C@@H]2O[C@H](CO)[C@@H](O)[C@H]2O)cc1COCC(F)(F)C(F)F. The van der Waals surface area contributed by atoms with E-state index in [2.05, 4.69) is 4.74 Å². The summed E-state index contributed by atoms with van der Waals surface area (Å²) in [5.41, 5.74) is -2.45. The van der Waals surface area contributed by atoms with Crippen molar-refractivity contribution in [2.75, 3.05) is 13.2 Å². The van der Waals surface area contributed by atoms with Crippen LogP contribution in [0.2, 0.25) is 0 Å². The fourth-order valence-corrected chi connectivity index (χ4v) is 2.29. The second kappa shape index (κ2) is 7.84. The zero-order valence-corrected chi connectivity index (χ0v) is 13.0. The molecule has 1 aliphatic heterocycles. The number of rotatable bonds is 7. The highest BCUT2D eigenvalue weighted by atomic mass is 19.3. The first-order valence-electron chi connectivity index (χ1n) is 7.29. The molecule has 13 heteroatoms. The summed E-state index contributed by atoms with van der Waals surface area (Å²) in [5, 5.41) is 28.6. The van der Waals surface area contributed by atoms with Crippen LogP contribution in [0.5, 0.6) is 0 Å². The average molecular weight is 388 g/mol. The van der Waals surface area contributed by atoms with E-state index >= 15 is 0 Å². The molecule has 0 spiro atoms. The van der Waals surface area contributed by atoms with Gasteiger partial charge < -0.3 is 24.8 Å². The Morgan fingerprint density at radius 2 is 1.96 bits per heavy atom. The summed E-state index contributed by atoms with van der Waals surface area (Å²) in [7, 11) is 0. The molecule has 0 radical (unpaired) electrons. The lowest BCUT2D eigenvalue weighted by Crippen LogP contribution is -2.39. The lowest BCUT2D eigenvalue weighted by Gasteiger charge is -2.18. The van der Waals surface area contributed by atoms with Gasteiger partial charge in [-0.1, -0.05) is 0 Å². The number of aliphatic hydroxyl groups excluding tert-OH is 3. The maximum atomic E-state index is 12.8. The molecule has 148 valence electrons. The van der Waals surface area contributed by atoms with Crippen molar-refractivity contribution in [1.82, 2.24) is 9.55 Å². The highest BCUT2D eigenvalue weighted by molar-refractivity contribution is 5.05. The van der Waals surface area contributed by atoms with Gasteiger partial charge >= 0.3 is 18.0 Å². The third-order valence-electron chi connectivity index (χ3n) is 3.70. The molecule has 1 aromatic heterocycles. The summed E-state index contributed by atoms with van der Waals surface area (Å²) in [4.78, 5) is 25.4. The number of alkyl halides is 4. The van der Waals surface area contributed by atoms with E-state index in [9.17, 15) is 37.4 Å². The predicted molar refractivity (Wildman–Crippen MR) is 74.9 cm³/mol. The van der Waals surface area contributed by atoms with E-state index in [4.69, 9.17) is 9.84 Å². The molecule has 4 atom stereocenters. The molecule has 1 fully saturated rings. The van der Waals surface area contributed by atoms with Crippen LogP contribution in [-0.4, -0.2) is 68.7 Å². The monoisotopic (exact) mass is 388 g/mol. The van der Waals surface area contributed by atoms with Crippen molar-refractivity contribution in [3.63, 3.8) is 0 Å². The fraction of sp³-hybridized carbons (Fsp3) is 0.692. The molecule has 0 aromatic carbocycles. The maximum absolute atomic E-state index is 12.8. The van der Waals surface area contributed by atoms with Crippen LogP contribution in [0.3, 0.4) is 0 Å². The minimum Gasteiger partial charge on any atom is -0.394 e. The molecule has 1 aromatic rings. The quantitative estimate of drug-likeness (QED) is 0.421. The number of nitrogens with one attached hydrogen (secondary N) is 1. The van der Waals surface area contributed by atoms with Gasteiger partial charge in [0, 0.05) is 6.20 Å². The van der Waals surface area contributed by atoms with Gasteiger partial charge in [0.05, 0.1) is 18.8 Å². The van der Waals surface area contributed by atoms with Gasteiger partial charge in [0.2, 0.25) is 0 Å². The summed E-state index contributed by atoms with van der Waals surface area (Å²) in [6.45, 7) is -3.14. The van der Waals surface area contributed by atoms with Crippen molar-refractivity contribution >= 4 is 0 Å². The first-order chi connectivity index (χ1) is 12.1. The van der Waals surface area contributed by atoms with Crippen LogP contribution in [0.1, 0.15) is 11.8 Å². The zero-order valence-electron chi connectivity index (χ0n) is 13.0. The molecule has 9 nitrogen and oxygen atoms in total. The zero-order chi connectivity index (χ0) is 19.6. The highest BCUT2D eigenvalue weighted by Crippen LogP contribution is 2.28. The van der Waals surface area contributed by atoms with Gasteiger partial charge in [0.15, 0.2) is 6.23 Å². The van der Waals surface area contributed by atoms with Crippen LogP contribution in [-0.2, 0) is 16.1 Å². The normalized spacial score (nSPS) is 26.6. The van der Waals surface area contributed by atoms with Gasteiger partial charge in [-0.25, -0.2) is 13.6 Å². The second-order valence-corrected chi connectivity index (χ2v) is 5.60. The van der Waals surface area contributed by atoms with Crippen molar-refractivity contribution in [2.24, 2.45) is 0 Å². The second-order valence-electron chi connectivity index (χ2n) is 5.60. The number of aliphatic hydroxyl groups is 3. The van der Waals surface area contributed by atoms with Gasteiger partial charge in [-0.3, -0.25) is 14.3 Å². The van der Waals surface area contributed by atoms with Crippen molar-refractivity contribution in [2.45, 2.75) is 43.5 Å².